The molecular weight excluding hydrogens is 344 g/mol. The average Bonchev–Trinajstić information content (AvgIpc) is 3.10. The smallest absolute Gasteiger partial charge is 0.234 e. The first kappa shape index (κ1) is 19.1. The van der Waals surface area contributed by atoms with E-state index in [4.69, 9.17) is 0 Å². The van der Waals surface area contributed by atoms with E-state index in [1.54, 1.807) is 11.3 Å². The molecule has 0 bridgehead atoms. The summed E-state index contributed by atoms with van der Waals surface area (Å²) in [6, 6.07) is 14.1. The molecule has 5 heteroatoms. The van der Waals surface area contributed by atoms with Gasteiger partial charge in [0.25, 0.3) is 0 Å². The van der Waals surface area contributed by atoms with Gasteiger partial charge in [-0.1, -0.05) is 49.2 Å². The minimum atomic E-state index is -0.476. The molecule has 1 aliphatic heterocycles. The van der Waals surface area contributed by atoms with Gasteiger partial charge in [0.2, 0.25) is 5.91 Å². The zero-order valence-corrected chi connectivity index (χ0v) is 16.0. The number of benzene rings is 1. The molecule has 2 aromatic rings. The lowest BCUT2D eigenvalue weighted by molar-refractivity contribution is -0.123. The third-order valence-corrected chi connectivity index (χ3v) is 5.94. The summed E-state index contributed by atoms with van der Waals surface area (Å²) in [5.74, 6) is 0.0690. The Morgan fingerprint density at radius 3 is 2.81 bits per heavy atom. The Balaban J connectivity index is 1.56. The van der Waals surface area contributed by atoms with E-state index in [9.17, 15) is 9.90 Å². The van der Waals surface area contributed by atoms with Gasteiger partial charge < -0.3 is 10.4 Å². The van der Waals surface area contributed by atoms with Crippen LogP contribution < -0.4 is 5.32 Å². The number of likely N-dealkylation sites (tertiary alicyclic amines) is 1. The van der Waals surface area contributed by atoms with Crippen LogP contribution in [0, 0.1) is 0 Å². The summed E-state index contributed by atoms with van der Waals surface area (Å²) in [5.41, 5.74) is 0.957. The Kier molecular flexibility index (Phi) is 7.23. The van der Waals surface area contributed by atoms with Gasteiger partial charge in [0.15, 0.2) is 0 Å². The van der Waals surface area contributed by atoms with Crippen LogP contribution in [0.5, 0.6) is 0 Å². The predicted molar refractivity (Wildman–Crippen MR) is 106 cm³/mol. The summed E-state index contributed by atoms with van der Waals surface area (Å²) in [5, 5.41) is 15.7. The van der Waals surface area contributed by atoms with Crippen LogP contribution in [0.2, 0.25) is 0 Å². The van der Waals surface area contributed by atoms with Crippen LogP contribution >= 0.6 is 11.3 Å². The standard InChI is InChI=1S/C21H28N2O2S/c24-20(17-8-3-1-4-9-17)14-18-10-5-2-6-12-23(18)16-21(25)22-15-19-11-7-13-26-19/h1,3-4,7-9,11,13,18,20,24H,2,5-6,10,12,14-16H2,(H,22,25). The SMILES string of the molecule is O=C(CN1CCCCCC1CC(O)c1ccccc1)NCc1cccs1. The highest BCUT2D eigenvalue weighted by Gasteiger charge is 2.25. The summed E-state index contributed by atoms with van der Waals surface area (Å²) in [6.07, 6.45) is 4.74. The number of amides is 1. The number of carbonyl (C=O) groups excluding carboxylic acids is 1. The van der Waals surface area contributed by atoms with Crippen molar-refractivity contribution in [1.29, 1.82) is 0 Å². The van der Waals surface area contributed by atoms with Crippen LogP contribution in [0.25, 0.3) is 0 Å². The molecule has 2 heterocycles. The first-order valence-corrected chi connectivity index (χ1v) is 10.4. The Bertz CT molecular complexity index is 660. The molecule has 26 heavy (non-hydrogen) atoms. The Labute approximate surface area is 159 Å². The monoisotopic (exact) mass is 372 g/mol. The maximum atomic E-state index is 12.4. The highest BCUT2D eigenvalue weighted by Crippen LogP contribution is 2.26. The molecule has 0 aliphatic carbocycles. The van der Waals surface area contributed by atoms with Gasteiger partial charge in [-0.2, -0.15) is 0 Å². The number of hydrogen-bond donors (Lipinski definition) is 2. The molecule has 0 saturated carbocycles. The van der Waals surface area contributed by atoms with Crippen molar-refractivity contribution >= 4 is 17.2 Å². The van der Waals surface area contributed by atoms with Crippen molar-refractivity contribution in [3.8, 4) is 0 Å². The van der Waals surface area contributed by atoms with Crippen LogP contribution in [0.3, 0.4) is 0 Å². The molecule has 1 aromatic heterocycles. The number of rotatable bonds is 7. The second kappa shape index (κ2) is 9.86. The normalized spacial score (nSPS) is 19.7. The molecule has 1 fully saturated rings. The van der Waals surface area contributed by atoms with E-state index < -0.39 is 6.10 Å². The van der Waals surface area contributed by atoms with Crippen molar-refractivity contribution in [3.05, 3.63) is 58.3 Å². The zero-order valence-electron chi connectivity index (χ0n) is 15.1. The van der Waals surface area contributed by atoms with Crippen molar-refractivity contribution in [3.63, 3.8) is 0 Å². The van der Waals surface area contributed by atoms with Crippen LogP contribution in [0.15, 0.2) is 47.8 Å². The molecule has 0 spiro atoms. The zero-order chi connectivity index (χ0) is 18.2. The number of nitrogens with zero attached hydrogens (tertiary/aromatic N) is 1. The van der Waals surface area contributed by atoms with Gasteiger partial charge in [0.1, 0.15) is 0 Å². The summed E-state index contributed by atoms with van der Waals surface area (Å²) in [7, 11) is 0. The molecular formula is C21H28N2O2S. The molecule has 140 valence electrons. The molecule has 3 rings (SSSR count). The fraction of sp³-hybridized carbons (Fsp3) is 0.476. The second-order valence-electron chi connectivity index (χ2n) is 6.99. The van der Waals surface area contributed by atoms with Crippen LogP contribution in [-0.2, 0) is 11.3 Å². The van der Waals surface area contributed by atoms with Gasteiger partial charge in [-0.25, -0.2) is 0 Å². The topological polar surface area (TPSA) is 52.6 Å². The first-order chi connectivity index (χ1) is 12.7. The van der Waals surface area contributed by atoms with Crippen molar-refractivity contribution in [2.24, 2.45) is 0 Å². The van der Waals surface area contributed by atoms with Gasteiger partial charge in [-0.15, -0.1) is 11.3 Å². The molecule has 1 saturated heterocycles. The second-order valence-corrected chi connectivity index (χ2v) is 8.02. The van der Waals surface area contributed by atoms with E-state index in [0.717, 1.165) is 24.9 Å². The molecule has 0 radical (unpaired) electrons. The quantitative estimate of drug-likeness (QED) is 0.779. The lowest BCUT2D eigenvalue weighted by Crippen LogP contribution is -2.43. The van der Waals surface area contributed by atoms with Crippen molar-refractivity contribution in [1.82, 2.24) is 10.2 Å². The number of thiophene rings is 1. The summed E-state index contributed by atoms with van der Waals surface area (Å²) in [6.45, 7) is 1.94. The van der Waals surface area contributed by atoms with Gasteiger partial charge in [-0.05, 0) is 42.8 Å². The van der Waals surface area contributed by atoms with E-state index >= 15 is 0 Å². The lowest BCUT2D eigenvalue weighted by atomic mass is 9.98. The van der Waals surface area contributed by atoms with Crippen molar-refractivity contribution < 1.29 is 9.90 Å². The minimum absolute atomic E-state index is 0.0690. The van der Waals surface area contributed by atoms with Gasteiger partial charge in [0.05, 0.1) is 19.2 Å². The number of aliphatic hydroxyl groups is 1. The third kappa shape index (κ3) is 5.66. The number of nitrogens with one attached hydrogen (secondary N) is 1. The Hall–Kier alpha value is -1.69. The number of hydrogen-bond acceptors (Lipinski definition) is 4. The summed E-state index contributed by atoms with van der Waals surface area (Å²) >= 11 is 1.66. The van der Waals surface area contributed by atoms with E-state index in [0.29, 0.717) is 19.5 Å². The average molecular weight is 373 g/mol. The van der Waals surface area contributed by atoms with Crippen LogP contribution in [-0.4, -0.2) is 35.0 Å². The van der Waals surface area contributed by atoms with Crippen LogP contribution in [0.4, 0.5) is 0 Å². The van der Waals surface area contributed by atoms with E-state index in [1.165, 1.54) is 17.7 Å². The fourth-order valence-corrected chi connectivity index (χ4v) is 4.26. The molecule has 1 aliphatic rings. The Morgan fingerprint density at radius 1 is 1.19 bits per heavy atom. The van der Waals surface area contributed by atoms with E-state index in [2.05, 4.69) is 10.2 Å². The molecule has 2 N–H and O–H groups in total. The van der Waals surface area contributed by atoms with Crippen molar-refractivity contribution in [2.75, 3.05) is 13.1 Å². The van der Waals surface area contributed by atoms with Crippen molar-refractivity contribution in [2.45, 2.75) is 50.8 Å². The number of aliphatic hydroxyl groups excluding tert-OH is 1. The molecule has 2 atom stereocenters. The minimum Gasteiger partial charge on any atom is -0.388 e. The molecule has 2 unspecified atom stereocenters. The highest BCUT2D eigenvalue weighted by atomic mass is 32.1. The van der Waals surface area contributed by atoms with Gasteiger partial charge >= 0.3 is 0 Å². The predicted octanol–water partition coefficient (Wildman–Crippen LogP) is 3.73. The third-order valence-electron chi connectivity index (χ3n) is 5.07. The fourth-order valence-electron chi connectivity index (χ4n) is 3.62. The van der Waals surface area contributed by atoms with E-state index in [1.807, 2.05) is 47.8 Å². The van der Waals surface area contributed by atoms with E-state index in [-0.39, 0.29) is 11.9 Å². The van der Waals surface area contributed by atoms with Crippen LogP contribution in [0.1, 0.15) is 48.6 Å². The molecule has 1 amide bonds. The highest BCUT2D eigenvalue weighted by molar-refractivity contribution is 7.09. The lowest BCUT2D eigenvalue weighted by Gasteiger charge is -2.31. The summed E-state index contributed by atoms with van der Waals surface area (Å²) < 4.78 is 0. The number of carbonyl (C=O) groups is 1. The molecule has 1 aromatic carbocycles. The Morgan fingerprint density at radius 2 is 2.04 bits per heavy atom. The summed E-state index contributed by atoms with van der Waals surface area (Å²) in [4.78, 5) is 15.8. The maximum Gasteiger partial charge on any atom is 0.234 e. The largest absolute Gasteiger partial charge is 0.388 e. The first-order valence-electron chi connectivity index (χ1n) is 9.48. The van der Waals surface area contributed by atoms with Gasteiger partial charge in [-0.3, -0.25) is 9.69 Å². The maximum absolute atomic E-state index is 12.4. The molecule has 4 nitrogen and oxygen atoms in total. The van der Waals surface area contributed by atoms with Gasteiger partial charge in [0, 0.05) is 10.9 Å².